The SMILES string of the molecule is CCc1ccc([C@H]2CC[C@H](OCCC[Si](Cl)(Cl)Cl)CC2)cc1. The first kappa shape index (κ1) is 18.6. The van der Waals surface area contributed by atoms with Crippen molar-refractivity contribution in [2.24, 2.45) is 0 Å². The molecular weight excluding hydrogens is 355 g/mol. The summed E-state index contributed by atoms with van der Waals surface area (Å²) in [5.74, 6) is 0.694. The Morgan fingerprint density at radius 2 is 1.68 bits per heavy atom. The Bertz CT molecular complexity index is 436. The van der Waals surface area contributed by atoms with Crippen molar-refractivity contribution >= 4 is 39.2 Å². The van der Waals surface area contributed by atoms with Gasteiger partial charge in [-0.3, -0.25) is 0 Å². The van der Waals surface area contributed by atoms with E-state index >= 15 is 0 Å². The molecule has 0 N–H and O–H groups in total. The van der Waals surface area contributed by atoms with Crippen LogP contribution in [0.5, 0.6) is 0 Å². The summed E-state index contributed by atoms with van der Waals surface area (Å²) in [6.07, 6.45) is 7.09. The van der Waals surface area contributed by atoms with Gasteiger partial charge in [-0.25, -0.2) is 0 Å². The summed E-state index contributed by atoms with van der Waals surface area (Å²) in [5, 5.41) is 0. The average Bonchev–Trinajstić information content (AvgIpc) is 2.51. The third-order valence-corrected chi connectivity index (χ3v) is 7.11. The molecule has 0 spiro atoms. The van der Waals surface area contributed by atoms with E-state index in [0.29, 0.717) is 18.1 Å². The highest BCUT2D eigenvalue weighted by atomic mass is 35.8. The van der Waals surface area contributed by atoms with Crippen molar-refractivity contribution in [1.82, 2.24) is 0 Å². The van der Waals surface area contributed by atoms with Crippen LogP contribution in [-0.2, 0) is 11.2 Å². The van der Waals surface area contributed by atoms with E-state index in [2.05, 4.69) is 31.2 Å². The van der Waals surface area contributed by atoms with Gasteiger partial charge in [-0.15, -0.1) is 33.2 Å². The fourth-order valence-electron chi connectivity index (χ4n) is 3.11. The molecule has 22 heavy (non-hydrogen) atoms. The number of benzene rings is 1. The lowest BCUT2D eigenvalue weighted by atomic mass is 9.82. The van der Waals surface area contributed by atoms with Crippen LogP contribution < -0.4 is 0 Å². The molecule has 0 atom stereocenters. The van der Waals surface area contributed by atoms with Crippen LogP contribution >= 0.6 is 33.2 Å². The zero-order valence-corrected chi connectivity index (χ0v) is 16.4. The molecule has 0 heterocycles. The van der Waals surface area contributed by atoms with Crippen LogP contribution in [0.4, 0.5) is 0 Å². The maximum absolute atomic E-state index is 5.95. The van der Waals surface area contributed by atoms with Gasteiger partial charge >= 0.3 is 6.00 Å². The molecule has 1 aromatic rings. The van der Waals surface area contributed by atoms with Crippen molar-refractivity contribution in [2.75, 3.05) is 6.61 Å². The van der Waals surface area contributed by atoms with E-state index in [0.717, 1.165) is 32.3 Å². The third kappa shape index (κ3) is 6.41. The number of aryl methyl sites for hydroxylation is 1. The Labute approximate surface area is 149 Å². The van der Waals surface area contributed by atoms with Crippen LogP contribution in [-0.4, -0.2) is 18.7 Å². The molecule has 1 aromatic carbocycles. The second kappa shape index (κ2) is 8.94. The lowest BCUT2D eigenvalue weighted by Gasteiger charge is -2.29. The highest BCUT2D eigenvalue weighted by Crippen LogP contribution is 2.34. The summed E-state index contributed by atoms with van der Waals surface area (Å²) in [7, 11) is 0. The minimum absolute atomic E-state index is 0.392. The molecule has 0 saturated heterocycles. The van der Waals surface area contributed by atoms with Crippen LogP contribution in [0, 0.1) is 0 Å². The number of hydrogen-bond acceptors (Lipinski definition) is 1. The average molecular weight is 380 g/mol. The van der Waals surface area contributed by atoms with Gasteiger partial charge in [0.05, 0.1) is 6.10 Å². The molecule has 124 valence electrons. The lowest BCUT2D eigenvalue weighted by molar-refractivity contribution is 0.0251. The molecule has 1 fully saturated rings. The summed E-state index contributed by atoms with van der Waals surface area (Å²) in [6.45, 7) is 2.92. The summed E-state index contributed by atoms with van der Waals surface area (Å²) in [6, 6.07) is 7.35. The van der Waals surface area contributed by atoms with Gasteiger partial charge in [-0.2, -0.15) is 0 Å². The van der Waals surface area contributed by atoms with Crippen molar-refractivity contribution in [3.8, 4) is 0 Å². The second-order valence-electron chi connectivity index (χ2n) is 6.16. The van der Waals surface area contributed by atoms with E-state index in [1.165, 1.54) is 24.0 Å². The molecule has 0 radical (unpaired) electrons. The Morgan fingerprint density at radius 3 is 2.23 bits per heavy atom. The van der Waals surface area contributed by atoms with E-state index in [1.54, 1.807) is 0 Å². The maximum atomic E-state index is 5.95. The van der Waals surface area contributed by atoms with Crippen LogP contribution in [0.25, 0.3) is 0 Å². The Balaban J connectivity index is 1.69. The van der Waals surface area contributed by atoms with Crippen LogP contribution in [0.15, 0.2) is 24.3 Å². The summed E-state index contributed by atoms with van der Waals surface area (Å²) in [5.41, 5.74) is 2.90. The Morgan fingerprint density at radius 1 is 1.05 bits per heavy atom. The topological polar surface area (TPSA) is 9.23 Å². The van der Waals surface area contributed by atoms with Gasteiger partial charge in [0.15, 0.2) is 0 Å². The molecule has 1 saturated carbocycles. The molecule has 5 heteroatoms. The van der Waals surface area contributed by atoms with Gasteiger partial charge in [0, 0.05) is 6.61 Å². The van der Waals surface area contributed by atoms with E-state index < -0.39 is 6.00 Å². The fraction of sp³-hybridized carbons (Fsp3) is 0.647. The monoisotopic (exact) mass is 378 g/mol. The number of rotatable bonds is 7. The smallest absolute Gasteiger partial charge is 0.341 e. The molecule has 1 nitrogen and oxygen atoms in total. The lowest BCUT2D eigenvalue weighted by Crippen LogP contribution is -2.22. The van der Waals surface area contributed by atoms with E-state index in [4.69, 9.17) is 38.0 Å². The summed E-state index contributed by atoms with van der Waals surface area (Å²) < 4.78 is 5.95. The molecule has 0 aliphatic heterocycles. The van der Waals surface area contributed by atoms with Crippen LogP contribution in [0.2, 0.25) is 6.04 Å². The molecule has 0 bridgehead atoms. The maximum Gasteiger partial charge on any atom is 0.341 e. The molecule has 1 aliphatic rings. The number of ether oxygens (including phenoxy) is 1. The molecular formula is C17H25Cl3OSi. The van der Waals surface area contributed by atoms with Gasteiger partial charge in [0.25, 0.3) is 0 Å². The number of hydrogen-bond donors (Lipinski definition) is 0. The van der Waals surface area contributed by atoms with Gasteiger partial charge in [-0.1, -0.05) is 31.2 Å². The molecule has 0 amide bonds. The van der Waals surface area contributed by atoms with Crippen LogP contribution in [0.3, 0.4) is 0 Å². The molecule has 1 aliphatic carbocycles. The normalized spacial score (nSPS) is 22.7. The van der Waals surface area contributed by atoms with E-state index in [-0.39, 0.29) is 0 Å². The Kier molecular flexibility index (Phi) is 7.56. The predicted molar refractivity (Wildman–Crippen MR) is 99.5 cm³/mol. The first-order valence-corrected chi connectivity index (χ1v) is 13.5. The van der Waals surface area contributed by atoms with E-state index in [9.17, 15) is 0 Å². The van der Waals surface area contributed by atoms with E-state index in [1.807, 2.05) is 0 Å². The van der Waals surface area contributed by atoms with Crippen molar-refractivity contribution in [2.45, 2.75) is 63.5 Å². The van der Waals surface area contributed by atoms with Crippen molar-refractivity contribution in [3.05, 3.63) is 35.4 Å². The van der Waals surface area contributed by atoms with Crippen molar-refractivity contribution in [1.29, 1.82) is 0 Å². The van der Waals surface area contributed by atoms with Gasteiger partial charge in [0.2, 0.25) is 0 Å². The van der Waals surface area contributed by atoms with Crippen molar-refractivity contribution < 1.29 is 4.74 Å². The summed E-state index contributed by atoms with van der Waals surface area (Å²) >= 11 is 17.6. The fourth-order valence-corrected chi connectivity index (χ4v) is 4.86. The predicted octanol–water partition coefficient (Wildman–Crippen LogP) is 6.34. The molecule has 0 aromatic heterocycles. The number of halogens is 3. The second-order valence-corrected chi connectivity index (χ2v) is 15.4. The highest BCUT2D eigenvalue weighted by Gasteiger charge is 2.25. The Hall–Kier alpha value is 0.267. The van der Waals surface area contributed by atoms with Gasteiger partial charge in [-0.05, 0) is 61.6 Å². The van der Waals surface area contributed by atoms with Crippen molar-refractivity contribution in [3.63, 3.8) is 0 Å². The summed E-state index contributed by atoms with van der Waals surface area (Å²) in [4.78, 5) is 0. The minimum atomic E-state index is -2.47. The van der Waals surface area contributed by atoms with Gasteiger partial charge in [0.1, 0.15) is 0 Å². The van der Waals surface area contributed by atoms with Gasteiger partial charge < -0.3 is 4.74 Å². The van der Waals surface area contributed by atoms with Crippen LogP contribution in [0.1, 0.15) is 56.1 Å². The first-order valence-electron chi connectivity index (χ1n) is 8.25. The minimum Gasteiger partial charge on any atom is -0.378 e. The highest BCUT2D eigenvalue weighted by molar-refractivity contribution is 7.64. The zero-order chi connectivity index (χ0) is 16.0. The standard InChI is InChI=1S/C17H25Cl3OSi/c1-2-14-4-6-15(7-5-14)16-8-10-17(11-9-16)21-12-3-13-22(18,19)20/h4-7,16-17H,2-3,8-13H2,1H3/t16-,17-. The molecule has 2 rings (SSSR count). The largest absolute Gasteiger partial charge is 0.378 e. The zero-order valence-electron chi connectivity index (χ0n) is 13.2. The quantitative estimate of drug-likeness (QED) is 0.305. The molecule has 0 unspecified atom stereocenters. The third-order valence-electron chi connectivity index (χ3n) is 4.49. The first-order chi connectivity index (χ1) is 10.5.